The van der Waals surface area contributed by atoms with Crippen LogP contribution in [0.2, 0.25) is 0 Å². The average Bonchev–Trinajstić information content (AvgIpc) is 2.65. The summed E-state index contributed by atoms with van der Waals surface area (Å²) in [4.78, 5) is 35.6. The van der Waals surface area contributed by atoms with Gasteiger partial charge in [0.25, 0.3) is 5.69 Å². The van der Waals surface area contributed by atoms with Crippen LogP contribution < -0.4 is 5.32 Å². The largest absolute Gasteiger partial charge is 0.349 e. The van der Waals surface area contributed by atoms with Gasteiger partial charge in [0.1, 0.15) is 0 Å². The molecular weight excluding hydrogens is 346 g/mol. The van der Waals surface area contributed by atoms with E-state index in [1.54, 1.807) is 37.2 Å². The van der Waals surface area contributed by atoms with Crippen molar-refractivity contribution < 1.29 is 14.5 Å². The molecule has 0 saturated heterocycles. The summed E-state index contributed by atoms with van der Waals surface area (Å²) < 4.78 is 0. The van der Waals surface area contributed by atoms with Crippen molar-refractivity contribution in [2.24, 2.45) is 0 Å². The first-order valence-electron chi connectivity index (χ1n) is 8.38. The number of nitro groups is 1. The number of nitrogens with one attached hydrogen (secondary N) is 1. The lowest BCUT2D eigenvalue weighted by Gasteiger charge is -2.10. The number of hydrogen-bond acceptors (Lipinski definition) is 4. The molecule has 2 aromatic rings. The number of nitro benzene ring substituents is 1. The highest BCUT2D eigenvalue weighted by Gasteiger charge is 2.06. The normalized spacial score (nSPS) is 10.6. The van der Waals surface area contributed by atoms with Crippen molar-refractivity contribution in [3.8, 4) is 0 Å². The maximum Gasteiger partial charge on any atom is 0.270 e. The van der Waals surface area contributed by atoms with E-state index in [1.165, 1.54) is 24.3 Å². The third-order valence-corrected chi connectivity index (χ3v) is 3.83. The van der Waals surface area contributed by atoms with E-state index in [4.69, 9.17) is 0 Å². The van der Waals surface area contributed by atoms with Crippen LogP contribution >= 0.6 is 0 Å². The summed E-state index contributed by atoms with van der Waals surface area (Å²) in [6, 6.07) is 13.3. The summed E-state index contributed by atoms with van der Waals surface area (Å²) in [5.41, 5.74) is 2.11. The molecule has 1 N–H and O–H groups in total. The monoisotopic (exact) mass is 367 g/mol. The molecule has 0 aromatic heterocycles. The standard InChI is InChI=1S/C20H21N3O4/c1-22(2)20(25)12-10-15-5-3-7-17(13-15)21-19(24)11-9-16-6-4-8-18(14-16)23(26)27/h3-9,11,13-14H,10,12H2,1-2H3,(H,21,24)/b11-9+. The minimum absolute atomic E-state index is 0.0301. The van der Waals surface area contributed by atoms with Crippen LogP contribution in [0.1, 0.15) is 17.5 Å². The summed E-state index contributed by atoms with van der Waals surface area (Å²) in [5, 5.41) is 13.5. The molecule has 7 nitrogen and oxygen atoms in total. The average molecular weight is 367 g/mol. The molecule has 0 saturated carbocycles. The second-order valence-electron chi connectivity index (χ2n) is 6.16. The Balaban J connectivity index is 1.97. The van der Waals surface area contributed by atoms with Gasteiger partial charge < -0.3 is 10.2 Å². The molecule has 0 radical (unpaired) electrons. The molecular formula is C20H21N3O4. The van der Waals surface area contributed by atoms with Crippen LogP contribution in [0.25, 0.3) is 6.08 Å². The van der Waals surface area contributed by atoms with Gasteiger partial charge in [0.05, 0.1) is 4.92 Å². The minimum atomic E-state index is -0.482. The van der Waals surface area contributed by atoms with Gasteiger partial charge in [-0.3, -0.25) is 19.7 Å². The fourth-order valence-corrected chi connectivity index (χ4v) is 2.38. The predicted octanol–water partition coefficient (Wildman–Crippen LogP) is 3.27. The molecule has 0 fully saturated rings. The Labute approximate surface area is 157 Å². The van der Waals surface area contributed by atoms with Gasteiger partial charge in [-0.05, 0) is 35.8 Å². The maximum atomic E-state index is 12.1. The molecule has 2 rings (SSSR count). The number of benzene rings is 2. The predicted molar refractivity (Wildman–Crippen MR) is 104 cm³/mol. The SMILES string of the molecule is CN(C)C(=O)CCc1cccc(NC(=O)/C=C/c2cccc([N+](=O)[O-])c2)c1. The molecule has 0 aliphatic carbocycles. The van der Waals surface area contributed by atoms with Crippen molar-refractivity contribution in [2.45, 2.75) is 12.8 Å². The molecule has 7 heteroatoms. The highest BCUT2D eigenvalue weighted by molar-refractivity contribution is 6.02. The fourth-order valence-electron chi connectivity index (χ4n) is 2.38. The quantitative estimate of drug-likeness (QED) is 0.462. The molecule has 0 heterocycles. The van der Waals surface area contributed by atoms with Crippen molar-refractivity contribution in [1.29, 1.82) is 0 Å². The molecule has 2 amide bonds. The summed E-state index contributed by atoms with van der Waals surface area (Å²) in [7, 11) is 3.43. The van der Waals surface area contributed by atoms with E-state index in [0.29, 0.717) is 24.1 Å². The van der Waals surface area contributed by atoms with Crippen molar-refractivity contribution in [3.63, 3.8) is 0 Å². The van der Waals surface area contributed by atoms with Gasteiger partial charge in [0, 0.05) is 44.4 Å². The van der Waals surface area contributed by atoms with Crippen LogP contribution in [0.4, 0.5) is 11.4 Å². The highest BCUT2D eigenvalue weighted by Crippen LogP contribution is 2.15. The summed E-state index contributed by atoms with van der Waals surface area (Å²) in [6.07, 6.45) is 3.82. The highest BCUT2D eigenvalue weighted by atomic mass is 16.6. The van der Waals surface area contributed by atoms with Crippen molar-refractivity contribution in [2.75, 3.05) is 19.4 Å². The summed E-state index contributed by atoms with van der Waals surface area (Å²) >= 11 is 0. The number of rotatable bonds is 7. The lowest BCUT2D eigenvalue weighted by Crippen LogP contribution is -2.21. The van der Waals surface area contributed by atoms with Crippen LogP contribution in [0.3, 0.4) is 0 Å². The van der Waals surface area contributed by atoms with Crippen molar-refractivity contribution in [3.05, 3.63) is 75.8 Å². The third-order valence-electron chi connectivity index (χ3n) is 3.83. The van der Waals surface area contributed by atoms with Crippen LogP contribution in [-0.4, -0.2) is 35.7 Å². The van der Waals surface area contributed by atoms with E-state index in [9.17, 15) is 19.7 Å². The van der Waals surface area contributed by atoms with E-state index in [2.05, 4.69) is 5.32 Å². The van der Waals surface area contributed by atoms with E-state index in [-0.39, 0.29) is 17.5 Å². The van der Waals surface area contributed by atoms with Crippen molar-refractivity contribution >= 4 is 29.3 Å². The van der Waals surface area contributed by atoms with Crippen LogP contribution in [0.5, 0.6) is 0 Å². The zero-order chi connectivity index (χ0) is 19.8. The number of nitrogens with zero attached hydrogens (tertiary/aromatic N) is 2. The number of hydrogen-bond donors (Lipinski definition) is 1. The maximum absolute atomic E-state index is 12.1. The van der Waals surface area contributed by atoms with Crippen LogP contribution in [-0.2, 0) is 16.0 Å². The van der Waals surface area contributed by atoms with Crippen LogP contribution in [0.15, 0.2) is 54.6 Å². The Morgan fingerprint density at radius 3 is 2.59 bits per heavy atom. The molecule has 0 atom stereocenters. The van der Waals surface area contributed by atoms with Gasteiger partial charge in [-0.25, -0.2) is 0 Å². The lowest BCUT2D eigenvalue weighted by molar-refractivity contribution is -0.384. The number of carbonyl (C=O) groups excluding carboxylic acids is 2. The zero-order valence-corrected chi connectivity index (χ0v) is 15.2. The molecule has 0 bridgehead atoms. The molecule has 0 aliphatic rings. The molecule has 0 aliphatic heterocycles. The van der Waals surface area contributed by atoms with Crippen LogP contribution in [0, 0.1) is 10.1 Å². The minimum Gasteiger partial charge on any atom is -0.349 e. The van der Waals surface area contributed by atoms with Gasteiger partial charge in [0.2, 0.25) is 11.8 Å². The Bertz CT molecular complexity index is 875. The number of aryl methyl sites for hydroxylation is 1. The van der Waals surface area contributed by atoms with Gasteiger partial charge in [-0.2, -0.15) is 0 Å². The van der Waals surface area contributed by atoms with E-state index >= 15 is 0 Å². The lowest BCUT2D eigenvalue weighted by atomic mass is 10.1. The third kappa shape index (κ3) is 6.39. The second-order valence-corrected chi connectivity index (χ2v) is 6.16. The number of amides is 2. The number of carbonyl (C=O) groups is 2. The fraction of sp³-hybridized carbons (Fsp3) is 0.200. The van der Waals surface area contributed by atoms with Crippen molar-refractivity contribution in [1.82, 2.24) is 4.90 Å². The van der Waals surface area contributed by atoms with Gasteiger partial charge in [-0.1, -0.05) is 24.3 Å². The zero-order valence-electron chi connectivity index (χ0n) is 15.2. The molecule has 140 valence electrons. The molecule has 2 aromatic carbocycles. The Morgan fingerprint density at radius 2 is 1.89 bits per heavy atom. The molecule has 0 unspecified atom stereocenters. The first-order valence-corrected chi connectivity index (χ1v) is 8.38. The summed E-state index contributed by atoms with van der Waals surface area (Å²) in [5.74, 6) is -0.299. The Hall–Kier alpha value is -3.48. The van der Waals surface area contributed by atoms with E-state index < -0.39 is 4.92 Å². The van der Waals surface area contributed by atoms with E-state index in [1.807, 2.05) is 18.2 Å². The van der Waals surface area contributed by atoms with Gasteiger partial charge >= 0.3 is 0 Å². The number of anilines is 1. The van der Waals surface area contributed by atoms with Gasteiger partial charge in [-0.15, -0.1) is 0 Å². The first-order chi connectivity index (χ1) is 12.8. The second kappa shape index (κ2) is 9.28. The van der Waals surface area contributed by atoms with Gasteiger partial charge in [0.15, 0.2) is 0 Å². The first kappa shape index (κ1) is 19.8. The smallest absolute Gasteiger partial charge is 0.270 e. The summed E-state index contributed by atoms with van der Waals surface area (Å²) in [6.45, 7) is 0. The Kier molecular flexibility index (Phi) is 6.82. The molecule has 27 heavy (non-hydrogen) atoms. The Morgan fingerprint density at radius 1 is 1.15 bits per heavy atom. The van der Waals surface area contributed by atoms with E-state index in [0.717, 1.165) is 5.56 Å². The number of non-ortho nitro benzene ring substituents is 1. The molecule has 0 spiro atoms. The topological polar surface area (TPSA) is 92.6 Å².